The van der Waals surface area contributed by atoms with Crippen LogP contribution in [0.25, 0.3) is 11.1 Å². The maximum Gasteiger partial charge on any atom is 0.326 e. The molecule has 0 aliphatic heterocycles. The van der Waals surface area contributed by atoms with Crippen LogP contribution in [0.5, 0.6) is 0 Å². The summed E-state index contributed by atoms with van der Waals surface area (Å²) in [7, 11) is 0. The van der Waals surface area contributed by atoms with Crippen molar-refractivity contribution in [1.29, 1.82) is 0 Å². The Morgan fingerprint density at radius 3 is 1.95 bits per heavy atom. The van der Waals surface area contributed by atoms with Crippen LogP contribution in [0.3, 0.4) is 0 Å². The van der Waals surface area contributed by atoms with E-state index in [0.717, 1.165) is 32.7 Å². The second-order valence-corrected chi connectivity index (χ2v) is 9.54. The van der Waals surface area contributed by atoms with Gasteiger partial charge in [0.25, 0.3) is 5.91 Å². The van der Waals surface area contributed by atoms with Gasteiger partial charge in [0.05, 0.1) is 6.54 Å². The van der Waals surface area contributed by atoms with Gasteiger partial charge in [-0.05, 0) is 60.6 Å². The number of urea groups is 1. The van der Waals surface area contributed by atoms with Gasteiger partial charge >= 0.3 is 12.0 Å². The van der Waals surface area contributed by atoms with Crippen molar-refractivity contribution in [3.05, 3.63) is 131 Å². The van der Waals surface area contributed by atoms with Crippen LogP contribution in [-0.4, -0.2) is 34.0 Å². The lowest BCUT2D eigenvalue weighted by Crippen LogP contribution is -2.49. The summed E-state index contributed by atoms with van der Waals surface area (Å²) in [6.45, 7) is 1.97. The van der Waals surface area contributed by atoms with E-state index in [1.165, 1.54) is 0 Å². The van der Waals surface area contributed by atoms with E-state index >= 15 is 0 Å². The normalized spacial score (nSPS) is 11.4. The van der Waals surface area contributed by atoms with Gasteiger partial charge in [-0.15, -0.1) is 0 Å². The molecule has 4 aromatic carbocycles. The number of aliphatic carboxylic acids is 1. The number of carbonyl (C=O) groups is 3. The molecular weight excluding hydrogens is 488 g/mol. The molecule has 6 heteroatoms. The van der Waals surface area contributed by atoms with Gasteiger partial charge in [0.15, 0.2) is 0 Å². The van der Waals surface area contributed by atoms with Gasteiger partial charge in [-0.2, -0.15) is 0 Å². The van der Waals surface area contributed by atoms with Gasteiger partial charge in [-0.25, -0.2) is 9.59 Å². The molecule has 39 heavy (non-hydrogen) atoms. The van der Waals surface area contributed by atoms with Gasteiger partial charge in [0, 0.05) is 5.56 Å². The lowest BCUT2D eigenvalue weighted by molar-refractivity contribution is -0.139. The SMILES string of the molecule is Cc1ccc(CN(C(=O)N[C@@H](CCCc2ccccc2)C(=O)O)C(=O)c2ccc(-c3ccccc3)cc2)cc1. The highest BCUT2D eigenvalue weighted by atomic mass is 16.4. The molecule has 0 aliphatic rings. The van der Waals surface area contributed by atoms with Crippen molar-refractivity contribution in [3.8, 4) is 11.1 Å². The van der Waals surface area contributed by atoms with Crippen LogP contribution in [0, 0.1) is 6.92 Å². The number of nitrogens with zero attached hydrogens (tertiary/aromatic N) is 1. The molecule has 6 nitrogen and oxygen atoms in total. The first-order valence-electron chi connectivity index (χ1n) is 13.0. The van der Waals surface area contributed by atoms with E-state index < -0.39 is 23.9 Å². The zero-order chi connectivity index (χ0) is 27.6. The monoisotopic (exact) mass is 520 g/mol. The molecule has 3 amide bonds. The third-order valence-electron chi connectivity index (χ3n) is 6.59. The first-order chi connectivity index (χ1) is 18.9. The van der Waals surface area contributed by atoms with Crippen LogP contribution in [-0.2, 0) is 17.8 Å². The zero-order valence-electron chi connectivity index (χ0n) is 21.9. The summed E-state index contributed by atoms with van der Waals surface area (Å²) >= 11 is 0. The maximum atomic E-state index is 13.6. The number of nitrogens with one attached hydrogen (secondary N) is 1. The minimum atomic E-state index is -1.13. The molecule has 0 saturated heterocycles. The second-order valence-electron chi connectivity index (χ2n) is 9.54. The van der Waals surface area contributed by atoms with Crippen LogP contribution >= 0.6 is 0 Å². The molecular formula is C33H32N2O4. The van der Waals surface area contributed by atoms with Gasteiger partial charge in [-0.3, -0.25) is 9.69 Å². The van der Waals surface area contributed by atoms with Crippen molar-refractivity contribution in [1.82, 2.24) is 10.2 Å². The highest BCUT2D eigenvalue weighted by molar-refractivity contribution is 6.05. The number of hydrogen-bond acceptors (Lipinski definition) is 3. The molecule has 0 radical (unpaired) electrons. The Bertz CT molecular complexity index is 1390. The molecule has 4 aromatic rings. The molecule has 0 aliphatic carbocycles. The number of imide groups is 1. The molecule has 1 atom stereocenters. The molecule has 4 rings (SSSR count). The van der Waals surface area contributed by atoms with E-state index in [1.807, 2.05) is 104 Å². The zero-order valence-corrected chi connectivity index (χ0v) is 21.9. The van der Waals surface area contributed by atoms with E-state index in [-0.39, 0.29) is 13.0 Å². The molecule has 2 N–H and O–H groups in total. The smallest absolute Gasteiger partial charge is 0.326 e. The van der Waals surface area contributed by atoms with Crippen LogP contribution in [0.4, 0.5) is 4.79 Å². The minimum Gasteiger partial charge on any atom is -0.480 e. The van der Waals surface area contributed by atoms with E-state index in [4.69, 9.17) is 0 Å². The number of benzene rings is 4. The van der Waals surface area contributed by atoms with Crippen LogP contribution in [0.1, 0.15) is 39.9 Å². The van der Waals surface area contributed by atoms with Crippen LogP contribution < -0.4 is 5.32 Å². The highest BCUT2D eigenvalue weighted by Crippen LogP contribution is 2.21. The number of carboxylic acid groups (broad SMARTS) is 1. The summed E-state index contributed by atoms with van der Waals surface area (Å²) in [6.07, 6.45) is 1.52. The van der Waals surface area contributed by atoms with Crippen molar-refractivity contribution >= 4 is 17.9 Å². The van der Waals surface area contributed by atoms with Crippen molar-refractivity contribution < 1.29 is 19.5 Å². The molecule has 0 unspecified atom stereocenters. The van der Waals surface area contributed by atoms with Crippen LogP contribution in [0.15, 0.2) is 109 Å². The Morgan fingerprint density at radius 2 is 1.33 bits per heavy atom. The standard InChI is InChI=1S/C33H32N2O4/c1-24-15-17-26(18-16-24)23-35(31(36)29-21-19-28(20-22-29)27-12-6-3-7-13-27)33(39)34-30(32(37)38)14-8-11-25-9-4-2-5-10-25/h2-7,9-10,12-13,15-22,30H,8,11,14,23H2,1H3,(H,34,39)(H,37,38)/t30-/m0/s1. The van der Waals surface area contributed by atoms with Gasteiger partial charge in [0.1, 0.15) is 6.04 Å². The van der Waals surface area contributed by atoms with E-state index in [0.29, 0.717) is 18.4 Å². The third kappa shape index (κ3) is 7.65. The summed E-state index contributed by atoms with van der Waals surface area (Å²) < 4.78 is 0. The second kappa shape index (κ2) is 13.2. The Balaban J connectivity index is 1.51. The van der Waals surface area contributed by atoms with Gasteiger partial charge < -0.3 is 10.4 Å². The maximum absolute atomic E-state index is 13.6. The molecule has 0 saturated carbocycles. The first-order valence-corrected chi connectivity index (χ1v) is 13.0. The lowest BCUT2D eigenvalue weighted by Gasteiger charge is -2.24. The van der Waals surface area contributed by atoms with Crippen molar-refractivity contribution in [2.24, 2.45) is 0 Å². The van der Waals surface area contributed by atoms with E-state index in [1.54, 1.807) is 12.1 Å². The van der Waals surface area contributed by atoms with Crippen molar-refractivity contribution in [2.45, 2.75) is 38.8 Å². The number of aryl methyl sites for hydroxylation is 2. The lowest BCUT2D eigenvalue weighted by atomic mass is 10.0. The number of hydrogen-bond donors (Lipinski definition) is 2. The van der Waals surface area contributed by atoms with E-state index in [2.05, 4.69) is 5.32 Å². The summed E-state index contributed by atoms with van der Waals surface area (Å²) in [4.78, 5) is 40.0. The van der Waals surface area contributed by atoms with E-state index in [9.17, 15) is 19.5 Å². The van der Waals surface area contributed by atoms with Crippen LogP contribution in [0.2, 0.25) is 0 Å². The summed E-state index contributed by atoms with van der Waals surface area (Å²) in [5.41, 5.74) is 5.23. The summed E-state index contributed by atoms with van der Waals surface area (Å²) in [6, 6.07) is 32.3. The number of carboxylic acids is 1. The topological polar surface area (TPSA) is 86.7 Å². The van der Waals surface area contributed by atoms with Crippen molar-refractivity contribution in [3.63, 3.8) is 0 Å². The fourth-order valence-electron chi connectivity index (χ4n) is 4.34. The molecule has 0 aromatic heterocycles. The molecule has 0 heterocycles. The number of rotatable bonds is 10. The third-order valence-corrected chi connectivity index (χ3v) is 6.59. The fraction of sp³-hybridized carbons (Fsp3) is 0.182. The molecule has 0 fully saturated rings. The predicted molar refractivity (Wildman–Crippen MR) is 152 cm³/mol. The predicted octanol–water partition coefficient (Wildman–Crippen LogP) is 6.49. The first kappa shape index (κ1) is 27.3. The Kier molecular flexibility index (Phi) is 9.25. The largest absolute Gasteiger partial charge is 0.480 e. The quantitative estimate of drug-likeness (QED) is 0.250. The summed E-state index contributed by atoms with van der Waals surface area (Å²) in [5, 5.41) is 12.4. The molecule has 0 spiro atoms. The Hall–Kier alpha value is -4.71. The average Bonchev–Trinajstić information content (AvgIpc) is 2.97. The van der Waals surface area contributed by atoms with Gasteiger partial charge in [-0.1, -0.05) is 103 Å². The Labute approximate surface area is 228 Å². The Morgan fingerprint density at radius 1 is 0.744 bits per heavy atom. The number of amides is 3. The molecule has 0 bridgehead atoms. The van der Waals surface area contributed by atoms with Crippen molar-refractivity contribution in [2.75, 3.05) is 0 Å². The average molecular weight is 521 g/mol. The van der Waals surface area contributed by atoms with Gasteiger partial charge in [0.2, 0.25) is 0 Å². The minimum absolute atomic E-state index is 0.0156. The summed E-state index contributed by atoms with van der Waals surface area (Å²) in [5.74, 6) is -1.63. The fourth-order valence-corrected chi connectivity index (χ4v) is 4.34. The number of carbonyl (C=O) groups excluding carboxylic acids is 2. The highest BCUT2D eigenvalue weighted by Gasteiger charge is 2.28. The molecule has 198 valence electrons.